The molecule has 12 atom stereocenters. The van der Waals surface area contributed by atoms with Gasteiger partial charge in [0.2, 0.25) is 0 Å². The molecule has 0 radical (unpaired) electrons. The summed E-state index contributed by atoms with van der Waals surface area (Å²) in [5.41, 5.74) is -2.65. The van der Waals surface area contributed by atoms with Crippen molar-refractivity contribution in [1.82, 2.24) is 0 Å². The van der Waals surface area contributed by atoms with E-state index in [9.17, 15) is 34.2 Å². The van der Waals surface area contributed by atoms with Crippen molar-refractivity contribution in [3.63, 3.8) is 0 Å². The van der Waals surface area contributed by atoms with Crippen LogP contribution in [0.15, 0.2) is 30.3 Å². The fourth-order valence-electron chi connectivity index (χ4n) is 12.5. The van der Waals surface area contributed by atoms with Gasteiger partial charge in [-0.1, -0.05) is 71.9 Å². The third-order valence-electron chi connectivity index (χ3n) is 18.2. The lowest BCUT2D eigenvalue weighted by Gasteiger charge is -2.45. The molecule has 0 bridgehead atoms. The second-order valence-electron chi connectivity index (χ2n) is 29.6. The highest BCUT2D eigenvalue weighted by Gasteiger charge is 2.64. The summed E-state index contributed by atoms with van der Waals surface area (Å²) in [6.07, 6.45) is 2.38. The third kappa shape index (κ3) is 16.7. The first-order chi connectivity index (χ1) is 39.1. The third-order valence-corrected chi connectivity index (χ3v) is 18.4. The van der Waals surface area contributed by atoms with Gasteiger partial charge >= 0.3 is 23.9 Å². The zero-order valence-electron chi connectivity index (χ0n) is 55.0. The van der Waals surface area contributed by atoms with Crippen molar-refractivity contribution >= 4 is 40.7 Å². The Hall–Kier alpha value is -3.34. The molecule has 4 aliphatic carbocycles. The summed E-state index contributed by atoms with van der Waals surface area (Å²) in [6, 6.07) is 8.74. The average molecular weight is 1230 g/mol. The topological polar surface area (TPSA) is 237 Å². The van der Waals surface area contributed by atoms with Gasteiger partial charge in [0, 0.05) is 83.4 Å². The summed E-state index contributed by atoms with van der Waals surface area (Å²) in [6.45, 7) is 34.7. The second-order valence-corrected chi connectivity index (χ2v) is 29.9. The highest BCUT2D eigenvalue weighted by molar-refractivity contribution is 6.67. The van der Waals surface area contributed by atoms with E-state index in [0.29, 0.717) is 43.1 Å². The normalized spacial score (nSPS) is 38.7. The van der Waals surface area contributed by atoms with Gasteiger partial charge in [0.05, 0.1) is 56.3 Å². The number of carbonyl (C=O) groups excluding carboxylic acids is 5. The molecule has 486 valence electrons. The van der Waals surface area contributed by atoms with E-state index >= 15 is 0 Å². The molecule has 4 saturated carbocycles. The van der Waals surface area contributed by atoms with Crippen LogP contribution >= 0.6 is 11.6 Å². The Morgan fingerprint density at radius 2 is 0.624 bits per heavy atom. The Bertz CT molecular complexity index is 2100. The first kappa shape index (κ1) is 72.4. The molecular weight excluding hydrogens is 1120 g/mol. The zero-order chi connectivity index (χ0) is 64.4. The molecule has 8 aliphatic rings. The van der Waals surface area contributed by atoms with Gasteiger partial charge in [-0.05, 0) is 132 Å². The number of halogens is 1. The lowest BCUT2D eigenvalue weighted by molar-refractivity contribution is -0.223. The van der Waals surface area contributed by atoms with Crippen LogP contribution in [0.2, 0.25) is 0 Å². The van der Waals surface area contributed by atoms with Crippen LogP contribution in [-0.2, 0) is 76.0 Å². The van der Waals surface area contributed by atoms with E-state index < -0.39 is 75.5 Å². The van der Waals surface area contributed by atoms with Crippen LogP contribution in [0.5, 0.6) is 0 Å². The largest absolute Gasteiger partial charge is 0.456 e. The molecule has 1 aromatic rings. The summed E-state index contributed by atoms with van der Waals surface area (Å²) in [4.78, 5) is 58.6. The molecule has 2 N–H and O–H groups in total. The van der Waals surface area contributed by atoms with E-state index in [-0.39, 0.29) is 83.2 Å². The predicted octanol–water partition coefficient (Wildman–Crippen LogP) is 10.5. The summed E-state index contributed by atoms with van der Waals surface area (Å²) < 4.78 is 67.7. The quantitative estimate of drug-likeness (QED) is 0.133. The number of methoxy groups -OCH3 is 4. The summed E-state index contributed by atoms with van der Waals surface area (Å²) >= 11 is 5.16. The van der Waals surface area contributed by atoms with Crippen molar-refractivity contribution in [1.29, 1.82) is 0 Å². The van der Waals surface area contributed by atoms with E-state index in [2.05, 4.69) is 27.7 Å². The SMILES string of the molecule is CO[C@@H]1OC2(CC(C)C2)[C@@H](C)C1OC(=O)C(C)(C)C.CO[C@@H]1OC2(CC(C)C2)[C@@H](C)C1OC(=O)C(C)(C)C.CO[C@@H]1OC2(CC(O)C2)[C@@H](C)C1OC(=O)C(C)(C)C.CO[C@@H]1OC2(CC(O)C2)[C@@H](C)C1OC(=O)C(C)(C)C.O=C(Cl)c1ccccc1. The van der Waals surface area contributed by atoms with Crippen LogP contribution in [0.1, 0.15) is 186 Å². The summed E-state index contributed by atoms with van der Waals surface area (Å²) in [5, 5.41) is 18.6. The van der Waals surface area contributed by atoms with Crippen LogP contribution in [0.4, 0.5) is 0 Å². The van der Waals surface area contributed by atoms with E-state index in [1.54, 1.807) is 52.7 Å². The maximum absolute atomic E-state index is 12.1. The minimum absolute atomic E-state index is 0.0205. The highest BCUT2D eigenvalue weighted by atomic mass is 35.5. The molecule has 19 nitrogen and oxygen atoms in total. The van der Waals surface area contributed by atoms with Crippen LogP contribution in [0.3, 0.4) is 0 Å². The number of esters is 4. The van der Waals surface area contributed by atoms with E-state index in [1.165, 1.54) is 0 Å². The van der Waals surface area contributed by atoms with Crippen LogP contribution < -0.4 is 0 Å². The standard InChI is InChI=1S/2C15H26O4.2C14H24O5.C7H5ClO/c2*1-9-7-15(8-9)10(2)11(12(17-6)19-15)18-13(16)14(3,4)5;2*1-8-10(18-12(16)13(2,3)4)11(17-5)19-14(8)6-9(15)7-14;8-7(9)6-4-2-1-3-5-6/h2*9-12H,7-8H2,1-6H3;2*8-11,15H,6-7H2,1-5H3;1-5H/t2*9?,10-,11?,12+,15?;2*8-,9?,10?,11+,14?;/m0000./s1. The van der Waals surface area contributed by atoms with Crippen molar-refractivity contribution in [2.75, 3.05) is 28.4 Å². The molecule has 85 heavy (non-hydrogen) atoms. The highest BCUT2D eigenvalue weighted by Crippen LogP contribution is 2.56. The van der Waals surface area contributed by atoms with Crippen molar-refractivity contribution in [2.24, 2.45) is 57.2 Å². The van der Waals surface area contributed by atoms with Gasteiger partial charge in [-0.15, -0.1) is 0 Å². The van der Waals surface area contributed by atoms with Gasteiger partial charge < -0.3 is 67.1 Å². The van der Waals surface area contributed by atoms with Crippen molar-refractivity contribution in [2.45, 2.75) is 260 Å². The molecule has 0 aromatic heterocycles. The summed E-state index contributed by atoms with van der Waals surface area (Å²) in [7, 11) is 6.31. The first-order valence-electron chi connectivity index (χ1n) is 30.4. The molecule has 4 heterocycles. The lowest BCUT2D eigenvalue weighted by Crippen LogP contribution is -2.52. The van der Waals surface area contributed by atoms with Gasteiger partial charge in [-0.25, -0.2) is 0 Å². The molecule has 1 aromatic carbocycles. The fourth-order valence-corrected chi connectivity index (χ4v) is 12.6. The Labute approximate surface area is 511 Å². The zero-order valence-corrected chi connectivity index (χ0v) is 55.7. The Morgan fingerprint density at radius 1 is 0.412 bits per heavy atom. The molecular formula is C65H105ClO19. The van der Waals surface area contributed by atoms with E-state index in [0.717, 1.165) is 25.7 Å². The van der Waals surface area contributed by atoms with Crippen molar-refractivity contribution in [3.8, 4) is 0 Å². The van der Waals surface area contributed by atoms with Crippen LogP contribution in [0.25, 0.3) is 0 Å². The van der Waals surface area contributed by atoms with E-state index in [4.69, 9.17) is 68.4 Å². The van der Waals surface area contributed by atoms with Gasteiger partial charge in [0.1, 0.15) is 0 Å². The Balaban J connectivity index is 0.000000197. The average Bonchev–Trinajstić information content (AvgIpc) is 1.93. The molecule has 8 fully saturated rings. The monoisotopic (exact) mass is 1220 g/mol. The number of benzene rings is 1. The maximum atomic E-state index is 12.1. The molecule has 4 spiro atoms. The van der Waals surface area contributed by atoms with Gasteiger partial charge in [0.25, 0.3) is 5.24 Å². The number of hydrogen-bond donors (Lipinski definition) is 2. The number of ether oxygens (including phenoxy) is 12. The molecule has 4 aliphatic heterocycles. The van der Waals surface area contributed by atoms with Crippen molar-refractivity contribution < 1.29 is 91.0 Å². The maximum Gasteiger partial charge on any atom is 0.311 e. The fraction of sp³-hybridized carbons (Fsp3) is 0.831. The molecule has 4 saturated heterocycles. The van der Waals surface area contributed by atoms with Crippen molar-refractivity contribution in [3.05, 3.63) is 35.9 Å². The number of rotatable bonds is 9. The minimum Gasteiger partial charge on any atom is -0.456 e. The Morgan fingerprint density at radius 3 is 0.776 bits per heavy atom. The number of hydrogen-bond acceptors (Lipinski definition) is 19. The molecule has 20 heteroatoms. The van der Waals surface area contributed by atoms with Gasteiger partial charge in [-0.3, -0.25) is 24.0 Å². The second kappa shape index (κ2) is 27.8. The van der Waals surface area contributed by atoms with Crippen LogP contribution in [-0.4, -0.2) is 152 Å². The molecule has 0 amide bonds. The lowest BCUT2D eigenvalue weighted by atomic mass is 9.65. The van der Waals surface area contributed by atoms with Gasteiger partial charge in [0.15, 0.2) is 49.6 Å². The van der Waals surface area contributed by atoms with Crippen LogP contribution in [0, 0.1) is 57.2 Å². The first-order valence-corrected chi connectivity index (χ1v) is 30.7. The molecule has 4 unspecified atom stereocenters. The number of carbonyl (C=O) groups is 5. The van der Waals surface area contributed by atoms with E-state index in [1.807, 2.05) is 103 Å². The Kier molecular flexibility index (Phi) is 23.7. The number of aliphatic hydroxyl groups is 2. The predicted molar refractivity (Wildman–Crippen MR) is 316 cm³/mol. The molecule has 9 rings (SSSR count). The number of aliphatic hydroxyl groups excluding tert-OH is 2. The van der Waals surface area contributed by atoms with Gasteiger partial charge in [-0.2, -0.15) is 0 Å². The smallest absolute Gasteiger partial charge is 0.311 e. The minimum atomic E-state index is -0.549. The summed E-state index contributed by atoms with van der Waals surface area (Å²) in [5.74, 6) is 0.853.